The molecule has 1 aromatic heterocycles. The van der Waals surface area contributed by atoms with Gasteiger partial charge < -0.3 is 31.3 Å². The molecule has 1 aliphatic rings. The number of nitrogens with two attached hydrogens (primary N) is 1. The van der Waals surface area contributed by atoms with E-state index in [0.717, 1.165) is 0 Å². The fraction of sp³-hybridized carbons (Fsp3) is 0.500. The van der Waals surface area contributed by atoms with Gasteiger partial charge in [0.25, 0.3) is 5.56 Å². The number of nitrogens with zero attached hydrogens (tertiary/aromatic N) is 1. The van der Waals surface area contributed by atoms with Crippen LogP contribution in [0.2, 0.25) is 0 Å². The largest absolute Gasteiger partial charge is 0.394 e. The van der Waals surface area contributed by atoms with Crippen molar-refractivity contribution in [1.29, 1.82) is 0 Å². The van der Waals surface area contributed by atoms with Crippen molar-refractivity contribution in [2.24, 2.45) is 0 Å². The molecule has 0 aromatic carbocycles. The molecule has 1 aromatic rings. The minimum Gasteiger partial charge on any atom is -0.394 e. The predicted octanol–water partition coefficient (Wildman–Crippen LogP) is -2.20. The van der Waals surface area contributed by atoms with Gasteiger partial charge in [0.2, 0.25) is 12.4 Å². The summed E-state index contributed by atoms with van der Waals surface area (Å²) >= 11 is 0. The number of nitrogen functional groups attached to an aromatic ring is 1. The van der Waals surface area contributed by atoms with E-state index >= 15 is 0 Å². The van der Waals surface area contributed by atoms with E-state index in [0.29, 0.717) is 6.41 Å². The SMILES string of the molecule is Nc1nc(NC2C[C@H](O)[C@@H](CO)O2)c(NC=O)c(=O)[nH]1. The quantitative estimate of drug-likeness (QED) is 0.332. The van der Waals surface area contributed by atoms with E-state index in [-0.39, 0.29) is 30.5 Å². The number of aliphatic hydroxyl groups excluding tert-OH is 2. The number of aliphatic hydroxyl groups is 2. The van der Waals surface area contributed by atoms with Crippen LogP contribution in [0.3, 0.4) is 0 Å². The number of rotatable bonds is 5. The zero-order valence-corrected chi connectivity index (χ0v) is 10.4. The molecule has 0 radical (unpaired) electrons. The Morgan fingerprint density at radius 3 is 2.95 bits per heavy atom. The number of amides is 1. The van der Waals surface area contributed by atoms with E-state index in [9.17, 15) is 14.7 Å². The van der Waals surface area contributed by atoms with Crippen molar-refractivity contribution < 1.29 is 19.7 Å². The van der Waals surface area contributed by atoms with Crippen molar-refractivity contribution in [2.75, 3.05) is 23.0 Å². The first-order chi connectivity index (χ1) is 9.55. The molecule has 10 nitrogen and oxygen atoms in total. The van der Waals surface area contributed by atoms with Gasteiger partial charge in [-0.15, -0.1) is 0 Å². The van der Waals surface area contributed by atoms with Gasteiger partial charge in [-0.25, -0.2) is 0 Å². The first-order valence-electron chi connectivity index (χ1n) is 5.86. The zero-order chi connectivity index (χ0) is 14.7. The molecule has 0 saturated carbocycles. The van der Waals surface area contributed by atoms with Crippen LogP contribution in [0.15, 0.2) is 4.79 Å². The molecule has 0 bridgehead atoms. The van der Waals surface area contributed by atoms with Gasteiger partial charge in [0.15, 0.2) is 5.82 Å². The van der Waals surface area contributed by atoms with Gasteiger partial charge in [-0.3, -0.25) is 14.6 Å². The lowest BCUT2D eigenvalue weighted by atomic mass is 10.2. The molecule has 7 N–H and O–H groups in total. The van der Waals surface area contributed by atoms with Crippen LogP contribution in [0.1, 0.15) is 6.42 Å². The third-order valence-corrected chi connectivity index (χ3v) is 2.84. The van der Waals surface area contributed by atoms with E-state index < -0.39 is 24.0 Å². The first kappa shape index (κ1) is 14.2. The summed E-state index contributed by atoms with van der Waals surface area (Å²) in [5.74, 6) is -0.111. The minimum absolute atomic E-state index is 0.0224. The van der Waals surface area contributed by atoms with Crippen LogP contribution in [-0.4, -0.2) is 51.6 Å². The van der Waals surface area contributed by atoms with Crippen molar-refractivity contribution >= 4 is 23.9 Å². The number of ether oxygens (including phenoxy) is 1. The van der Waals surface area contributed by atoms with Crippen LogP contribution in [0.5, 0.6) is 0 Å². The van der Waals surface area contributed by atoms with Gasteiger partial charge in [-0.2, -0.15) is 4.98 Å². The lowest BCUT2D eigenvalue weighted by Gasteiger charge is -2.16. The van der Waals surface area contributed by atoms with Gasteiger partial charge in [-0.05, 0) is 0 Å². The van der Waals surface area contributed by atoms with Crippen molar-refractivity contribution in [1.82, 2.24) is 9.97 Å². The molecule has 1 aliphatic heterocycles. The minimum atomic E-state index is -0.834. The van der Waals surface area contributed by atoms with Crippen molar-refractivity contribution in [3.63, 3.8) is 0 Å². The molecule has 0 aliphatic carbocycles. The van der Waals surface area contributed by atoms with E-state index in [1.54, 1.807) is 0 Å². The van der Waals surface area contributed by atoms with Crippen LogP contribution in [0.4, 0.5) is 17.5 Å². The number of hydrogen-bond donors (Lipinski definition) is 6. The second kappa shape index (κ2) is 5.86. The number of H-pyrrole nitrogens is 1. The third-order valence-electron chi connectivity index (χ3n) is 2.84. The second-order valence-corrected chi connectivity index (χ2v) is 4.23. The summed E-state index contributed by atoms with van der Waals surface area (Å²) in [6, 6.07) is 0. The summed E-state index contributed by atoms with van der Waals surface area (Å²) in [5, 5.41) is 23.5. The Labute approximate surface area is 113 Å². The van der Waals surface area contributed by atoms with Gasteiger partial charge in [0.1, 0.15) is 18.0 Å². The van der Waals surface area contributed by atoms with E-state index in [2.05, 4.69) is 20.6 Å². The molecule has 110 valence electrons. The Morgan fingerprint density at radius 1 is 1.60 bits per heavy atom. The van der Waals surface area contributed by atoms with Crippen molar-refractivity contribution in [3.05, 3.63) is 10.4 Å². The molecule has 1 amide bonds. The van der Waals surface area contributed by atoms with E-state index in [4.69, 9.17) is 15.6 Å². The molecular formula is C10H15N5O5. The highest BCUT2D eigenvalue weighted by Gasteiger charge is 2.34. The average molecular weight is 285 g/mol. The Bertz CT molecular complexity index is 547. The summed E-state index contributed by atoms with van der Waals surface area (Å²) in [6.45, 7) is -0.330. The predicted molar refractivity (Wildman–Crippen MR) is 69.0 cm³/mol. The molecule has 0 spiro atoms. The standard InChI is InChI=1S/C10H15N5O5/c11-10-14-8(7(12-3-17)9(19)15-10)13-6-1-4(18)5(2-16)20-6/h3-6,16,18H,1-2H2,(H,12,17)(H4,11,13,14,15,19)/t4-,5+,6?/m0/s1. The maximum atomic E-state index is 11.6. The average Bonchev–Trinajstić information content (AvgIpc) is 2.73. The molecule has 3 atom stereocenters. The number of anilines is 3. The highest BCUT2D eigenvalue weighted by Crippen LogP contribution is 2.23. The third kappa shape index (κ3) is 2.87. The van der Waals surface area contributed by atoms with Crippen molar-refractivity contribution in [3.8, 4) is 0 Å². The molecule has 2 heterocycles. The molecule has 1 fully saturated rings. The van der Waals surface area contributed by atoms with Crippen LogP contribution in [0, 0.1) is 0 Å². The maximum Gasteiger partial charge on any atom is 0.278 e. The second-order valence-electron chi connectivity index (χ2n) is 4.23. The van der Waals surface area contributed by atoms with E-state index in [1.807, 2.05) is 0 Å². The zero-order valence-electron chi connectivity index (χ0n) is 10.4. The topological polar surface area (TPSA) is 163 Å². The molecule has 1 saturated heterocycles. The fourth-order valence-corrected chi connectivity index (χ4v) is 1.93. The normalized spacial score (nSPS) is 25.4. The Balaban J connectivity index is 2.21. The molecule has 1 unspecified atom stereocenters. The van der Waals surface area contributed by atoms with Crippen molar-refractivity contribution in [2.45, 2.75) is 24.9 Å². The number of carbonyl (C=O) groups excluding carboxylic acids is 1. The summed E-state index contributed by atoms with van der Waals surface area (Å²) in [7, 11) is 0. The number of hydrogen-bond acceptors (Lipinski definition) is 8. The maximum absolute atomic E-state index is 11.6. The Morgan fingerprint density at radius 2 is 2.35 bits per heavy atom. The van der Waals surface area contributed by atoms with Crippen LogP contribution in [0.25, 0.3) is 0 Å². The van der Waals surface area contributed by atoms with Gasteiger partial charge >= 0.3 is 0 Å². The van der Waals surface area contributed by atoms with Crippen LogP contribution < -0.4 is 21.9 Å². The van der Waals surface area contributed by atoms with Crippen LogP contribution in [-0.2, 0) is 9.53 Å². The molecule has 10 heteroatoms. The highest BCUT2D eigenvalue weighted by molar-refractivity contribution is 5.78. The lowest BCUT2D eigenvalue weighted by Crippen LogP contribution is -2.26. The summed E-state index contributed by atoms with van der Waals surface area (Å²) in [6.07, 6.45) is -1.69. The number of aromatic nitrogens is 2. The number of aromatic amines is 1. The molecule has 2 rings (SSSR count). The number of nitrogens with one attached hydrogen (secondary N) is 3. The van der Waals surface area contributed by atoms with Crippen LogP contribution >= 0.6 is 0 Å². The first-order valence-corrected chi connectivity index (χ1v) is 5.86. The van der Waals surface area contributed by atoms with E-state index in [1.165, 1.54) is 0 Å². The number of carbonyl (C=O) groups is 1. The lowest BCUT2D eigenvalue weighted by molar-refractivity contribution is -0.105. The highest BCUT2D eigenvalue weighted by atomic mass is 16.5. The fourth-order valence-electron chi connectivity index (χ4n) is 1.93. The van der Waals surface area contributed by atoms with Gasteiger partial charge in [0, 0.05) is 6.42 Å². The monoisotopic (exact) mass is 285 g/mol. The summed E-state index contributed by atoms with van der Waals surface area (Å²) in [5.41, 5.74) is 4.69. The van der Waals surface area contributed by atoms with Gasteiger partial charge in [-0.1, -0.05) is 0 Å². The Hall–Kier alpha value is -2.17. The smallest absolute Gasteiger partial charge is 0.278 e. The summed E-state index contributed by atoms with van der Waals surface area (Å²) in [4.78, 5) is 28.2. The Kier molecular flexibility index (Phi) is 4.17. The molecular weight excluding hydrogens is 270 g/mol. The molecule has 20 heavy (non-hydrogen) atoms. The summed E-state index contributed by atoms with van der Waals surface area (Å²) < 4.78 is 5.32. The van der Waals surface area contributed by atoms with Gasteiger partial charge in [0.05, 0.1) is 12.7 Å².